The summed E-state index contributed by atoms with van der Waals surface area (Å²) in [5.41, 5.74) is 7.17. The normalized spacial score (nSPS) is 15.7. The minimum atomic E-state index is 0.390. The Bertz CT molecular complexity index is 609. The van der Waals surface area contributed by atoms with Crippen molar-refractivity contribution in [1.82, 2.24) is 20.2 Å². The molecule has 1 aromatic heterocycles. The third-order valence-corrected chi connectivity index (χ3v) is 4.05. The summed E-state index contributed by atoms with van der Waals surface area (Å²) in [7, 11) is 0. The predicted molar refractivity (Wildman–Crippen MR) is 80.9 cm³/mol. The first-order chi connectivity index (χ1) is 10.2. The quantitative estimate of drug-likeness (QED) is 0.859. The third-order valence-electron chi connectivity index (χ3n) is 3.72. The molecule has 1 aromatic carbocycles. The van der Waals surface area contributed by atoms with Crippen molar-refractivity contribution in [3.05, 3.63) is 23.2 Å². The number of tetrazole rings is 1. The molecule has 112 valence electrons. The van der Waals surface area contributed by atoms with Crippen LogP contribution in [0.3, 0.4) is 0 Å². The van der Waals surface area contributed by atoms with E-state index in [4.69, 9.17) is 22.1 Å². The molecule has 0 aliphatic heterocycles. The number of benzene rings is 1. The van der Waals surface area contributed by atoms with Crippen LogP contribution in [0.5, 0.6) is 0 Å². The standard InChI is InChI=1S/C14H18ClN5O/c15-13-6-5-10(16)9-12(13)14-17-18-19-20(14)7-8-21-11-3-1-2-4-11/h5-6,9,11H,1-4,7-8,16H2. The van der Waals surface area contributed by atoms with Crippen molar-refractivity contribution in [2.75, 3.05) is 12.3 Å². The zero-order chi connectivity index (χ0) is 14.7. The zero-order valence-corrected chi connectivity index (χ0v) is 12.5. The maximum absolute atomic E-state index is 6.20. The average Bonchev–Trinajstić information content (AvgIpc) is 3.13. The van der Waals surface area contributed by atoms with Crippen molar-refractivity contribution in [2.45, 2.75) is 38.3 Å². The summed E-state index contributed by atoms with van der Waals surface area (Å²) in [6.45, 7) is 1.20. The third kappa shape index (κ3) is 3.33. The molecule has 1 fully saturated rings. The molecule has 1 heterocycles. The van der Waals surface area contributed by atoms with Crippen LogP contribution in [0.1, 0.15) is 25.7 Å². The number of aromatic nitrogens is 4. The van der Waals surface area contributed by atoms with Gasteiger partial charge < -0.3 is 10.5 Å². The van der Waals surface area contributed by atoms with E-state index in [1.165, 1.54) is 12.8 Å². The van der Waals surface area contributed by atoms with E-state index in [-0.39, 0.29) is 0 Å². The van der Waals surface area contributed by atoms with Gasteiger partial charge in [-0.05, 0) is 41.5 Å². The second-order valence-corrected chi connectivity index (χ2v) is 5.65. The zero-order valence-electron chi connectivity index (χ0n) is 11.7. The summed E-state index contributed by atoms with van der Waals surface area (Å²) in [5, 5.41) is 12.4. The highest BCUT2D eigenvalue weighted by atomic mass is 35.5. The highest BCUT2D eigenvalue weighted by Crippen LogP contribution is 2.28. The summed E-state index contributed by atoms with van der Waals surface area (Å²) in [6.07, 6.45) is 5.23. The number of halogens is 1. The van der Waals surface area contributed by atoms with Crippen LogP contribution < -0.4 is 5.73 Å². The number of nitrogens with two attached hydrogens (primary N) is 1. The fourth-order valence-corrected chi connectivity index (χ4v) is 2.83. The molecule has 6 nitrogen and oxygen atoms in total. The fraction of sp³-hybridized carbons (Fsp3) is 0.500. The van der Waals surface area contributed by atoms with Crippen LogP contribution in [-0.4, -0.2) is 32.9 Å². The lowest BCUT2D eigenvalue weighted by atomic mass is 10.2. The minimum Gasteiger partial charge on any atom is -0.399 e. The molecule has 0 bridgehead atoms. The number of nitrogen functional groups attached to an aromatic ring is 1. The lowest BCUT2D eigenvalue weighted by molar-refractivity contribution is 0.0514. The monoisotopic (exact) mass is 307 g/mol. The summed E-state index contributed by atoms with van der Waals surface area (Å²) >= 11 is 6.20. The van der Waals surface area contributed by atoms with E-state index in [1.54, 1.807) is 22.9 Å². The smallest absolute Gasteiger partial charge is 0.183 e. The van der Waals surface area contributed by atoms with E-state index >= 15 is 0 Å². The van der Waals surface area contributed by atoms with Crippen molar-refractivity contribution in [3.8, 4) is 11.4 Å². The van der Waals surface area contributed by atoms with Crippen LogP contribution in [0, 0.1) is 0 Å². The highest BCUT2D eigenvalue weighted by molar-refractivity contribution is 6.33. The van der Waals surface area contributed by atoms with Gasteiger partial charge in [0, 0.05) is 11.3 Å². The average molecular weight is 308 g/mol. The molecule has 3 rings (SSSR count). The molecule has 0 amide bonds. The van der Waals surface area contributed by atoms with Crippen molar-refractivity contribution >= 4 is 17.3 Å². The van der Waals surface area contributed by atoms with Crippen LogP contribution in [0.4, 0.5) is 5.69 Å². The first-order valence-electron chi connectivity index (χ1n) is 7.17. The Morgan fingerprint density at radius 2 is 2.14 bits per heavy atom. The number of anilines is 1. The second kappa shape index (κ2) is 6.41. The van der Waals surface area contributed by atoms with Gasteiger partial charge in [0.15, 0.2) is 5.82 Å². The fourth-order valence-electron chi connectivity index (χ4n) is 2.62. The van der Waals surface area contributed by atoms with Gasteiger partial charge in [0.2, 0.25) is 0 Å². The summed E-state index contributed by atoms with van der Waals surface area (Å²) in [4.78, 5) is 0. The van der Waals surface area contributed by atoms with Crippen molar-refractivity contribution in [1.29, 1.82) is 0 Å². The molecule has 21 heavy (non-hydrogen) atoms. The van der Waals surface area contributed by atoms with Gasteiger partial charge in [-0.1, -0.05) is 24.4 Å². The van der Waals surface area contributed by atoms with Crippen LogP contribution in [-0.2, 0) is 11.3 Å². The Balaban J connectivity index is 1.69. The number of ether oxygens (including phenoxy) is 1. The Morgan fingerprint density at radius 3 is 2.95 bits per heavy atom. The van der Waals surface area contributed by atoms with Crippen LogP contribution in [0.25, 0.3) is 11.4 Å². The lowest BCUT2D eigenvalue weighted by Gasteiger charge is -2.11. The Kier molecular flexibility index (Phi) is 4.36. The van der Waals surface area contributed by atoms with Crippen LogP contribution in [0.2, 0.25) is 5.02 Å². The molecule has 0 saturated heterocycles. The van der Waals surface area contributed by atoms with Gasteiger partial charge in [0.05, 0.1) is 24.3 Å². The van der Waals surface area contributed by atoms with Crippen molar-refractivity contribution < 1.29 is 4.74 Å². The molecular weight excluding hydrogens is 290 g/mol. The molecule has 1 aliphatic rings. The summed E-state index contributed by atoms with van der Waals surface area (Å²) in [5.74, 6) is 0.613. The van der Waals surface area contributed by atoms with Gasteiger partial charge in [0.25, 0.3) is 0 Å². The van der Waals surface area contributed by atoms with E-state index in [0.29, 0.717) is 35.8 Å². The minimum absolute atomic E-state index is 0.390. The van der Waals surface area contributed by atoms with Gasteiger partial charge in [-0.2, -0.15) is 0 Å². The molecule has 0 unspecified atom stereocenters. The second-order valence-electron chi connectivity index (χ2n) is 5.24. The molecule has 0 radical (unpaired) electrons. The van der Waals surface area contributed by atoms with E-state index in [9.17, 15) is 0 Å². The maximum atomic E-state index is 6.20. The first kappa shape index (κ1) is 14.3. The van der Waals surface area contributed by atoms with Crippen molar-refractivity contribution in [3.63, 3.8) is 0 Å². The molecule has 2 N–H and O–H groups in total. The van der Waals surface area contributed by atoms with E-state index < -0.39 is 0 Å². The number of nitrogens with zero attached hydrogens (tertiary/aromatic N) is 4. The molecule has 1 aliphatic carbocycles. The van der Waals surface area contributed by atoms with Gasteiger partial charge in [-0.15, -0.1) is 5.10 Å². The number of rotatable bonds is 5. The molecular formula is C14H18ClN5O. The SMILES string of the molecule is Nc1ccc(Cl)c(-c2nnnn2CCOC2CCCC2)c1. The maximum Gasteiger partial charge on any atom is 0.183 e. The van der Waals surface area contributed by atoms with Gasteiger partial charge >= 0.3 is 0 Å². The van der Waals surface area contributed by atoms with E-state index in [0.717, 1.165) is 18.4 Å². The predicted octanol–water partition coefficient (Wildman–Crippen LogP) is 2.53. The number of hydrogen-bond acceptors (Lipinski definition) is 5. The lowest BCUT2D eigenvalue weighted by Crippen LogP contribution is -2.14. The van der Waals surface area contributed by atoms with Crippen LogP contribution in [0.15, 0.2) is 18.2 Å². The topological polar surface area (TPSA) is 78.9 Å². The van der Waals surface area contributed by atoms with Gasteiger partial charge in [0.1, 0.15) is 0 Å². The van der Waals surface area contributed by atoms with E-state index in [2.05, 4.69) is 15.5 Å². The van der Waals surface area contributed by atoms with E-state index in [1.807, 2.05) is 0 Å². The Labute approximate surface area is 128 Å². The molecule has 0 spiro atoms. The van der Waals surface area contributed by atoms with Gasteiger partial charge in [-0.3, -0.25) is 0 Å². The largest absolute Gasteiger partial charge is 0.399 e. The molecule has 0 atom stereocenters. The first-order valence-corrected chi connectivity index (χ1v) is 7.55. The molecule has 7 heteroatoms. The van der Waals surface area contributed by atoms with Gasteiger partial charge in [-0.25, -0.2) is 4.68 Å². The Hall–Kier alpha value is -1.66. The number of hydrogen-bond donors (Lipinski definition) is 1. The highest BCUT2D eigenvalue weighted by Gasteiger charge is 2.16. The summed E-state index contributed by atoms with van der Waals surface area (Å²) < 4.78 is 7.55. The Morgan fingerprint density at radius 1 is 1.33 bits per heavy atom. The molecule has 1 saturated carbocycles. The molecule has 2 aromatic rings. The van der Waals surface area contributed by atoms with Crippen LogP contribution >= 0.6 is 11.6 Å². The summed E-state index contributed by atoms with van der Waals surface area (Å²) in [6, 6.07) is 5.28. The van der Waals surface area contributed by atoms with Crippen molar-refractivity contribution in [2.24, 2.45) is 0 Å².